The molecule has 0 bridgehead atoms. The van der Waals surface area contributed by atoms with Gasteiger partial charge in [0.25, 0.3) is 0 Å². The van der Waals surface area contributed by atoms with E-state index in [-0.39, 0.29) is 21.4 Å². The summed E-state index contributed by atoms with van der Waals surface area (Å²) < 4.78 is 26.3. The zero-order valence-corrected chi connectivity index (χ0v) is 13.5. The van der Waals surface area contributed by atoms with Gasteiger partial charge in [0.15, 0.2) is 0 Å². The van der Waals surface area contributed by atoms with Crippen LogP contribution in [0.5, 0.6) is 0 Å². The summed E-state index contributed by atoms with van der Waals surface area (Å²) in [4.78, 5) is 3.83. The minimum Gasteiger partial charge on any atom is -0.384 e. The average Bonchev–Trinajstić information content (AvgIpc) is 2.32. The Balaban J connectivity index is 2.62. The highest BCUT2D eigenvalue weighted by molar-refractivity contribution is 9.13. The molecule has 0 aliphatic rings. The van der Waals surface area contributed by atoms with E-state index in [1.54, 1.807) is 6.07 Å². The van der Waals surface area contributed by atoms with Crippen LogP contribution in [0.1, 0.15) is 0 Å². The zero-order valence-electron chi connectivity index (χ0n) is 9.47. The molecule has 0 amide bonds. The Kier molecular flexibility index (Phi) is 3.84. The molecule has 19 heavy (non-hydrogen) atoms. The highest BCUT2D eigenvalue weighted by Crippen LogP contribution is 2.30. The van der Waals surface area contributed by atoms with Gasteiger partial charge in [-0.1, -0.05) is 0 Å². The molecule has 2 aromatic rings. The first-order valence-electron chi connectivity index (χ1n) is 5.04. The molecule has 0 fully saturated rings. The van der Waals surface area contributed by atoms with E-state index in [0.29, 0.717) is 4.47 Å². The number of hydrogen-bond acceptors (Lipinski definition) is 5. The van der Waals surface area contributed by atoms with E-state index in [4.69, 9.17) is 11.5 Å². The van der Waals surface area contributed by atoms with Crippen molar-refractivity contribution in [1.29, 1.82) is 0 Å². The van der Waals surface area contributed by atoms with Crippen LogP contribution in [0.3, 0.4) is 0 Å². The Morgan fingerprint density at radius 3 is 2.26 bits per heavy atom. The van der Waals surface area contributed by atoms with E-state index in [1.165, 1.54) is 24.3 Å². The smallest absolute Gasteiger partial charge is 0.210 e. The first-order valence-corrected chi connectivity index (χ1v) is 8.11. The normalized spacial score (nSPS) is 11.5. The Morgan fingerprint density at radius 1 is 1.00 bits per heavy atom. The van der Waals surface area contributed by atoms with Crippen LogP contribution in [-0.4, -0.2) is 13.4 Å². The highest BCUT2D eigenvalue weighted by atomic mass is 79.9. The predicted octanol–water partition coefficient (Wildman–Crippen LogP) is 2.60. The second-order valence-electron chi connectivity index (χ2n) is 3.70. The summed E-state index contributed by atoms with van der Waals surface area (Å²) in [7, 11) is -3.72. The van der Waals surface area contributed by atoms with Crippen molar-refractivity contribution in [3.63, 3.8) is 0 Å². The largest absolute Gasteiger partial charge is 0.384 e. The van der Waals surface area contributed by atoms with Gasteiger partial charge in [0.05, 0.1) is 4.90 Å². The summed E-state index contributed by atoms with van der Waals surface area (Å²) in [6, 6.07) is 7.37. The number of nitrogens with zero attached hydrogens (tertiary/aromatic N) is 1. The second-order valence-corrected chi connectivity index (χ2v) is 7.33. The number of rotatable bonds is 2. The number of pyridine rings is 1. The van der Waals surface area contributed by atoms with Crippen molar-refractivity contribution in [2.24, 2.45) is 0 Å². The minimum atomic E-state index is -3.72. The number of halogens is 2. The minimum absolute atomic E-state index is 0.0593. The third-order valence-electron chi connectivity index (χ3n) is 2.40. The number of nitrogens with two attached hydrogens (primary N) is 2. The molecule has 4 N–H and O–H groups in total. The van der Waals surface area contributed by atoms with E-state index in [2.05, 4.69) is 36.8 Å². The Morgan fingerprint density at radius 2 is 1.68 bits per heavy atom. The monoisotopic (exact) mass is 405 g/mol. The van der Waals surface area contributed by atoms with Crippen molar-refractivity contribution >= 4 is 53.3 Å². The quantitative estimate of drug-likeness (QED) is 0.798. The van der Waals surface area contributed by atoms with E-state index >= 15 is 0 Å². The Hall–Kier alpha value is -1.12. The van der Waals surface area contributed by atoms with E-state index < -0.39 is 9.84 Å². The molecule has 1 aromatic heterocycles. The fraction of sp³-hybridized carbons (Fsp3) is 0. The van der Waals surface area contributed by atoms with Gasteiger partial charge in [-0.25, -0.2) is 13.4 Å². The average molecular weight is 407 g/mol. The van der Waals surface area contributed by atoms with E-state index in [1.807, 2.05) is 0 Å². The molecular formula is C11H9Br2N3O2S. The van der Waals surface area contributed by atoms with Gasteiger partial charge in [-0.05, 0) is 62.2 Å². The lowest BCUT2D eigenvalue weighted by Gasteiger charge is -2.08. The number of aromatic nitrogens is 1. The van der Waals surface area contributed by atoms with E-state index in [0.717, 1.165) is 4.47 Å². The van der Waals surface area contributed by atoms with Crippen molar-refractivity contribution in [2.45, 2.75) is 9.79 Å². The highest BCUT2D eigenvalue weighted by Gasteiger charge is 2.22. The molecule has 2 rings (SSSR count). The van der Waals surface area contributed by atoms with Crippen LogP contribution in [0.2, 0.25) is 0 Å². The van der Waals surface area contributed by atoms with Crippen LogP contribution in [0.25, 0.3) is 0 Å². The van der Waals surface area contributed by atoms with Gasteiger partial charge in [-0.15, -0.1) is 0 Å². The first-order chi connectivity index (χ1) is 8.82. The van der Waals surface area contributed by atoms with Gasteiger partial charge < -0.3 is 11.5 Å². The maximum atomic E-state index is 12.4. The second kappa shape index (κ2) is 5.10. The SMILES string of the molecule is Nc1ccc(S(=O)(=O)c2ccc(Br)c(Br)c2)c(N)n1. The molecule has 0 aliphatic heterocycles. The third-order valence-corrected chi connectivity index (χ3v) is 6.08. The summed E-state index contributed by atoms with van der Waals surface area (Å²) in [6.45, 7) is 0. The molecule has 0 saturated carbocycles. The number of hydrogen-bond donors (Lipinski definition) is 2. The zero-order chi connectivity index (χ0) is 14.2. The van der Waals surface area contributed by atoms with Gasteiger partial charge in [-0.3, -0.25) is 0 Å². The molecular weight excluding hydrogens is 398 g/mol. The molecule has 0 radical (unpaired) electrons. The number of nitrogen functional groups attached to an aromatic ring is 2. The molecule has 0 aliphatic carbocycles. The van der Waals surface area contributed by atoms with Crippen LogP contribution in [-0.2, 0) is 9.84 Å². The lowest BCUT2D eigenvalue weighted by molar-refractivity contribution is 0.596. The molecule has 0 saturated heterocycles. The lowest BCUT2D eigenvalue weighted by atomic mass is 10.4. The molecule has 0 spiro atoms. The molecule has 100 valence electrons. The van der Waals surface area contributed by atoms with Crippen molar-refractivity contribution in [2.75, 3.05) is 11.5 Å². The first kappa shape index (κ1) is 14.3. The number of benzene rings is 1. The molecule has 1 aromatic carbocycles. The van der Waals surface area contributed by atoms with Crippen LogP contribution >= 0.6 is 31.9 Å². The summed E-state index contributed by atoms with van der Waals surface area (Å²) in [5, 5.41) is 0. The molecule has 0 unspecified atom stereocenters. The van der Waals surface area contributed by atoms with Crippen molar-refractivity contribution in [1.82, 2.24) is 4.98 Å². The van der Waals surface area contributed by atoms with Gasteiger partial charge in [0.2, 0.25) is 9.84 Å². The van der Waals surface area contributed by atoms with Crippen molar-refractivity contribution in [3.05, 3.63) is 39.3 Å². The molecule has 8 heteroatoms. The fourth-order valence-electron chi connectivity index (χ4n) is 1.48. The van der Waals surface area contributed by atoms with Gasteiger partial charge in [-0.2, -0.15) is 0 Å². The number of anilines is 2. The molecule has 0 atom stereocenters. The number of sulfone groups is 1. The topological polar surface area (TPSA) is 99.1 Å². The van der Waals surface area contributed by atoms with Crippen molar-refractivity contribution in [3.8, 4) is 0 Å². The fourth-order valence-corrected chi connectivity index (χ4v) is 3.60. The van der Waals surface area contributed by atoms with Crippen molar-refractivity contribution < 1.29 is 8.42 Å². The lowest BCUT2D eigenvalue weighted by Crippen LogP contribution is -2.08. The van der Waals surface area contributed by atoms with Gasteiger partial charge in [0, 0.05) is 8.95 Å². The summed E-state index contributed by atoms with van der Waals surface area (Å²) >= 11 is 6.54. The third kappa shape index (κ3) is 2.75. The summed E-state index contributed by atoms with van der Waals surface area (Å²) in [5.41, 5.74) is 11.1. The predicted molar refractivity (Wildman–Crippen MR) is 80.4 cm³/mol. The maximum absolute atomic E-state index is 12.4. The Labute approximate surface area is 127 Å². The Bertz CT molecular complexity index is 748. The van der Waals surface area contributed by atoms with Gasteiger partial charge in [0.1, 0.15) is 16.5 Å². The summed E-state index contributed by atoms with van der Waals surface area (Å²) in [5.74, 6) is 0.0625. The summed E-state index contributed by atoms with van der Waals surface area (Å²) in [6.07, 6.45) is 0. The molecule has 1 heterocycles. The van der Waals surface area contributed by atoms with Crippen LogP contribution in [0.15, 0.2) is 49.1 Å². The van der Waals surface area contributed by atoms with Crippen LogP contribution < -0.4 is 11.5 Å². The van der Waals surface area contributed by atoms with Crippen LogP contribution in [0.4, 0.5) is 11.6 Å². The van der Waals surface area contributed by atoms with Crippen LogP contribution in [0, 0.1) is 0 Å². The van der Waals surface area contributed by atoms with Gasteiger partial charge >= 0.3 is 0 Å². The van der Waals surface area contributed by atoms with E-state index in [9.17, 15) is 8.42 Å². The maximum Gasteiger partial charge on any atom is 0.210 e. The molecule has 5 nitrogen and oxygen atoms in total. The standard InChI is InChI=1S/C11H9Br2N3O2S/c12-7-2-1-6(5-8(7)13)19(17,18)9-3-4-10(14)16-11(9)15/h1-5H,(H4,14,15,16).